The number of rotatable bonds is 7. The van der Waals surface area contributed by atoms with Crippen molar-refractivity contribution >= 4 is 22.5 Å². The van der Waals surface area contributed by atoms with Gasteiger partial charge in [0.25, 0.3) is 5.91 Å². The van der Waals surface area contributed by atoms with Gasteiger partial charge < -0.3 is 10.1 Å². The van der Waals surface area contributed by atoms with E-state index in [-0.39, 0.29) is 5.91 Å². The topological polar surface area (TPSA) is 96.0 Å². The van der Waals surface area contributed by atoms with Gasteiger partial charge in [-0.3, -0.25) is 19.8 Å². The summed E-state index contributed by atoms with van der Waals surface area (Å²) in [5, 5.41) is 10.9. The van der Waals surface area contributed by atoms with Gasteiger partial charge in [0.1, 0.15) is 5.75 Å². The number of H-pyrrole nitrogens is 1. The molecule has 1 aliphatic heterocycles. The standard InChI is InChI=1S/C30H28N6O2/c1-20-4-8-25(9-5-20)38-28-11-7-24(18-32-28)33-30(37)29-26-15-22(6-10-27(26)34-35-29)23-14-21(16-31-17-23)19-36-12-2-3-13-36/h4-11,14-18H,2-3,12-13,19H2,1H3,(H,33,37)(H,34,35). The van der Waals surface area contributed by atoms with E-state index >= 15 is 0 Å². The van der Waals surface area contributed by atoms with E-state index in [0.717, 1.165) is 47.2 Å². The summed E-state index contributed by atoms with van der Waals surface area (Å²) in [4.78, 5) is 24.4. The number of pyridine rings is 2. The van der Waals surface area contributed by atoms with Crippen molar-refractivity contribution in [3.05, 3.63) is 96.1 Å². The second kappa shape index (κ2) is 10.4. The zero-order valence-corrected chi connectivity index (χ0v) is 21.1. The van der Waals surface area contributed by atoms with Gasteiger partial charge in [-0.15, -0.1) is 0 Å². The molecule has 0 aliphatic carbocycles. The van der Waals surface area contributed by atoms with E-state index in [1.165, 1.54) is 18.4 Å². The molecule has 38 heavy (non-hydrogen) atoms. The Balaban J connectivity index is 1.18. The summed E-state index contributed by atoms with van der Waals surface area (Å²) in [5.74, 6) is 0.834. The Morgan fingerprint density at radius 1 is 0.974 bits per heavy atom. The van der Waals surface area contributed by atoms with E-state index in [4.69, 9.17) is 4.74 Å². The Hall–Kier alpha value is -4.56. The first-order valence-electron chi connectivity index (χ1n) is 12.8. The van der Waals surface area contributed by atoms with Gasteiger partial charge in [0.05, 0.1) is 17.4 Å². The largest absolute Gasteiger partial charge is 0.439 e. The van der Waals surface area contributed by atoms with E-state index < -0.39 is 0 Å². The monoisotopic (exact) mass is 504 g/mol. The molecule has 5 aromatic rings. The summed E-state index contributed by atoms with van der Waals surface area (Å²) in [7, 11) is 0. The number of carbonyl (C=O) groups is 1. The molecular weight excluding hydrogens is 476 g/mol. The third-order valence-electron chi connectivity index (χ3n) is 6.75. The molecule has 0 bridgehead atoms. The zero-order chi connectivity index (χ0) is 25.9. The summed E-state index contributed by atoms with van der Waals surface area (Å²) in [6, 6.07) is 19.4. The van der Waals surface area contributed by atoms with Crippen LogP contribution in [0.5, 0.6) is 11.6 Å². The van der Waals surface area contributed by atoms with Gasteiger partial charge in [-0.25, -0.2) is 4.98 Å². The van der Waals surface area contributed by atoms with Gasteiger partial charge in [0.15, 0.2) is 5.69 Å². The lowest BCUT2D eigenvalue weighted by Gasteiger charge is -2.14. The van der Waals surface area contributed by atoms with Gasteiger partial charge in [-0.2, -0.15) is 5.10 Å². The molecule has 4 heterocycles. The number of likely N-dealkylation sites (tertiary alicyclic amines) is 1. The summed E-state index contributed by atoms with van der Waals surface area (Å²) in [6.07, 6.45) is 7.88. The minimum Gasteiger partial charge on any atom is -0.439 e. The average Bonchev–Trinajstić information content (AvgIpc) is 3.61. The van der Waals surface area contributed by atoms with Crippen LogP contribution in [0, 0.1) is 6.92 Å². The third kappa shape index (κ3) is 5.26. The number of nitrogens with one attached hydrogen (secondary N) is 2. The van der Waals surface area contributed by atoms with E-state index in [9.17, 15) is 4.79 Å². The number of nitrogens with zero attached hydrogens (tertiary/aromatic N) is 4. The molecule has 1 amide bonds. The number of carbonyl (C=O) groups excluding carboxylic acids is 1. The minimum atomic E-state index is -0.316. The van der Waals surface area contributed by atoms with Crippen LogP contribution in [0.3, 0.4) is 0 Å². The van der Waals surface area contributed by atoms with E-state index in [0.29, 0.717) is 23.0 Å². The van der Waals surface area contributed by atoms with Crippen LogP contribution in [0.4, 0.5) is 5.69 Å². The number of hydrogen-bond acceptors (Lipinski definition) is 6. The second-order valence-corrected chi connectivity index (χ2v) is 9.65. The van der Waals surface area contributed by atoms with Crippen molar-refractivity contribution in [2.24, 2.45) is 0 Å². The Bertz CT molecular complexity index is 1570. The second-order valence-electron chi connectivity index (χ2n) is 9.65. The van der Waals surface area contributed by atoms with Crippen LogP contribution in [0.15, 0.2) is 79.3 Å². The number of fused-ring (bicyclic) bond motifs is 1. The van der Waals surface area contributed by atoms with Crippen molar-refractivity contribution in [3.8, 4) is 22.8 Å². The molecule has 8 nitrogen and oxygen atoms in total. The molecule has 0 saturated carbocycles. The van der Waals surface area contributed by atoms with E-state index in [1.807, 2.05) is 61.8 Å². The van der Waals surface area contributed by atoms with Gasteiger partial charge in [0, 0.05) is 36.0 Å². The highest BCUT2D eigenvalue weighted by atomic mass is 16.5. The van der Waals surface area contributed by atoms with Crippen LogP contribution in [0.25, 0.3) is 22.0 Å². The van der Waals surface area contributed by atoms with Crippen molar-refractivity contribution < 1.29 is 9.53 Å². The van der Waals surface area contributed by atoms with Crippen molar-refractivity contribution in [2.45, 2.75) is 26.3 Å². The molecule has 6 rings (SSSR count). The Kier molecular flexibility index (Phi) is 6.54. The van der Waals surface area contributed by atoms with Crippen molar-refractivity contribution in [2.75, 3.05) is 18.4 Å². The predicted octanol–water partition coefficient (Wildman–Crippen LogP) is 5.97. The number of hydrogen-bond donors (Lipinski definition) is 2. The first kappa shape index (κ1) is 23.8. The SMILES string of the molecule is Cc1ccc(Oc2ccc(NC(=O)c3n[nH]c4ccc(-c5cncc(CN6CCCC6)c5)cc34)cn2)cc1. The maximum atomic E-state index is 13.1. The molecule has 0 radical (unpaired) electrons. The van der Waals surface area contributed by atoms with Gasteiger partial charge in [0.2, 0.25) is 5.88 Å². The number of ether oxygens (including phenoxy) is 1. The number of aryl methyl sites for hydroxylation is 1. The minimum absolute atomic E-state index is 0.316. The molecule has 2 N–H and O–H groups in total. The fourth-order valence-corrected chi connectivity index (χ4v) is 4.73. The third-order valence-corrected chi connectivity index (χ3v) is 6.75. The van der Waals surface area contributed by atoms with E-state index in [2.05, 4.69) is 36.4 Å². The first-order chi connectivity index (χ1) is 18.6. The Morgan fingerprint density at radius 2 is 1.82 bits per heavy atom. The molecule has 0 spiro atoms. The molecule has 0 unspecified atom stereocenters. The van der Waals surface area contributed by atoms with Crippen LogP contribution < -0.4 is 10.1 Å². The van der Waals surface area contributed by atoms with Crippen molar-refractivity contribution in [1.29, 1.82) is 0 Å². The number of aromatic nitrogens is 4. The number of aromatic amines is 1. The molecule has 1 fully saturated rings. The first-order valence-corrected chi connectivity index (χ1v) is 12.8. The molecule has 0 atom stereocenters. The number of benzene rings is 2. The smallest absolute Gasteiger partial charge is 0.276 e. The Labute approximate surface area is 220 Å². The molecule has 1 saturated heterocycles. The van der Waals surface area contributed by atoms with Gasteiger partial charge in [-0.05, 0) is 80.4 Å². The van der Waals surface area contributed by atoms with Crippen LogP contribution in [-0.4, -0.2) is 44.1 Å². The maximum Gasteiger partial charge on any atom is 0.276 e. The summed E-state index contributed by atoms with van der Waals surface area (Å²) in [5.41, 5.74) is 6.02. The van der Waals surface area contributed by atoms with Gasteiger partial charge in [-0.1, -0.05) is 23.8 Å². The molecule has 3 aromatic heterocycles. The lowest BCUT2D eigenvalue weighted by molar-refractivity contribution is 0.102. The molecule has 190 valence electrons. The maximum absolute atomic E-state index is 13.1. The summed E-state index contributed by atoms with van der Waals surface area (Å²) in [6.45, 7) is 5.21. The number of anilines is 1. The molecule has 8 heteroatoms. The van der Waals surface area contributed by atoms with Crippen LogP contribution >= 0.6 is 0 Å². The van der Waals surface area contributed by atoms with Gasteiger partial charge >= 0.3 is 0 Å². The quantitative estimate of drug-likeness (QED) is 0.284. The summed E-state index contributed by atoms with van der Waals surface area (Å²) >= 11 is 0. The summed E-state index contributed by atoms with van der Waals surface area (Å²) < 4.78 is 5.77. The van der Waals surface area contributed by atoms with Crippen molar-refractivity contribution in [3.63, 3.8) is 0 Å². The predicted molar refractivity (Wildman–Crippen MR) is 147 cm³/mol. The molecule has 2 aromatic carbocycles. The molecular formula is C30H28N6O2. The van der Waals surface area contributed by atoms with Crippen LogP contribution in [0.2, 0.25) is 0 Å². The Morgan fingerprint density at radius 3 is 2.61 bits per heavy atom. The highest BCUT2D eigenvalue weighted by Gasteiger charge is 2.17. The van der Waals surface area contributed by atoms with E-state index in [1.54, 1.807) is 18.3 Å². The highest BCUT2D eigenvalue weighted by Crippen LogP contribution is 2.27. The lowest BCUT2D eigenvalue weighted by Crippen LogP contribution is -2.18. The normalized spacial score (nSPS) is 13.6. The zero-order valence-electron chi connectivity index (χ0n) is 21.1. The fourth-order valence-electron chi connectivity index (χ4n) is 4.73. The number of amides is 1. The fraction of sp³-hybridized carbons (Fsp3) is 0.200. The lowest BCUT2D eigenvalue weighted by atomic mass is 10.0. The molecule has 1 aliphatic rings. The van der Waals surface area contributed by atoms with Crippen LogP contribution in [-0.2, 0) is 6.54 Å². The highest BCUT2D eigenvalue weighted by molar-refractivity contribution is 6.11. The van der Waals surface area contributed by atoms with Crippen LogP contribution in [0.1, 0.15) is 34.5 Å². The van der Waals surface area contributed by atoms with Crippen molar-refractivity contribution in [1.82, 2.24) is 25.1 Å². The average molecular weight is 505 g/mol.